The van der Waals surface area contributed by atoms with Gasteiger partial charge in [-0.1, -0.05) is 64.6 Å². The molecule has 6 rings (SSSR count). The second-order valence-corrected chi connectivity index (χ2v) is 16.3. The van der Waals surface area contributed by atoms with Gasteiger partial charge in [0.25, 0.3) is 0 Å². The van der Waals surface area contributed by atoms with Gasteiger partial charge in [-0.15, -0.1) is 0 Å². The van der Waals surface area contributed by atoms with E-state index in [0.717, 1.165) is 72.5 Å². The van der Waals surface area contributed by atoms with Crippen molar-refractivity contribution in [3.05, 3.63) is 89.8 Å². The minimum Gasteiger partial charge on any atom is -0.377 e. The fraction of sp³-hybridized carbons (Fsp3) is 0.533. The highest BCUT2D eigenvalue weighted by Crippen LogP contribution is 2.44. The van der Waals surface area contributed by atoms with E-state index in [2.05, 4.69) is 117 Å². The molecule has 2 saturated heterocycles. The number of imide groups is 1. The number of carbonyl (C=O) groups excluding carboxylic acids is 2. The van der Waals surface area contributed by atoms with Gasteiger partial charge in [0.15, 0.2) is 0 Å². The molecule has 52 heavy (non-hydrogen) atoms. The van der Waals surface area contributed by atoms with Gasteiger partial charge in [-0.3, -0.25) is 14.9 Å². The SMILES string of the molecule is C=C(c1ccc(C2CCC(C3CN(C(=C)Cc4ccc(NC5=NC=C(CCC)C(CC)C(C)C5)cc4)C3)CC2)cc1N(C)C)C1CCC(=O)NC1=O.[HH].[HH]. The monoisotopic (exact) mass is 708 g/mol. The molecule has 2 aromatic rings. The summed E-state index contributed by atoms with van der Waals surface area (Å²) in [5.74, 6) is 3.58. The van der Waals surface area contributed by atoms with Crippen molar-refractivity contribution in [3.8, 4) is 0 Å². The summed E-state index contributed by atoms with van der Waals surface area (Å²) in [7, 11) is 4.10. The number of anilines is 2. The Hall–Kier alpha value is -4.13. The van der Waals surface area contributed by atoms with Crippen molar-refractivity contribution in [2.24, 2.45) is 34.6 Å². The third-order valence-corrected chi connectivity index (χ3v) is 12.5. The molecule has 3 fully saturated rings. The van der Waals surface area contributed by atoms with Crippen LogP contribution in [0.15, 0.2) is 78.1 Å². The number of likely N-dealkylation sites (tertiary alicyclic amines) is 1. The minimum atomic E-state index is -0.361. The molecular formula is C45H65N5O2. The van der Waals surface area contributed by atoms with Crippen LogP contribution < -0.4 is 15.5 Å². The van der Waals surface area contributed by atoms with Crippen molar-refractivity contribution in [3.63, 3.8) is 0 Å². The molecule has 4 aliphatic rings. The molecule has 3 aliphatic heterocycles. The molecule has 2 amide bonds. The maximum Gasteiger partial charge on any atom is 0.234 e. The predicted octanol–water partition coefficient (Wildman–Crippen LogP) is 9.83. The van der Waals surface area contributed by atoms with E-state index in [1.54, 1.807) is 0 Å². The number of aliphatic imine (C=N–C) groups is 1. The average Bonchev–Trinajstić information content (AvgIpc) is 3.25. The highest BCUT2D eigenvalue weighted by molar-refractivity contribution is 6.04. The zero-order valence-corrected chi connectivity index (χ0v) is 32.3. The van der Waals surface area contributed by atoms with E-state index in [0.29, 0.717) is 30.6 Å². The van der Waals surface area contributed by atoms with Crippen molar-refractivity contribution in [1.29, 1.82) is 0 Å². The minimum absolute atomic E-state index is 0. The zero-order chi connectivity index (χ0) is 36.9. The number of rotatable bonds is 12. The molecule has 3 heterocycles. The Kier molecular flexibility index (Phi) is 12.1. The standard InChI is InChI=1S/C45H61N5O2.2H2/c1-8-10-36-26-46-43(23-29(3)39(36)9-2)47-38-18-11-32(12-19-38)24-30(4)50-27-37(28-50)34-15-13-33(14-16-34)35-17-20-40(42(25-35)49(6)7)31(5)41-21-22-44(51)48-45(41)52;;/h11-12,17-20,25-26,29,33-34,37,39,41H,4-5,8-10,13-16,21-24,27-28H2,1-3,6-7H3,(H,46,47)(H,48,51,52);2*1H. The van der Waals surface area contributed by atoms with Crippen LogP contribution in [-0.2, 0) is 16.0 Å². The lowest BCUT2D eigenvalue weighted by molar-refractivity contribution is -0.134. The van der Waals surface area contributed by atoms with Crippen LogP contribution in [-0.4, -0.2) is 49.7 Å². The lowest BCUT2D eigenvalue weighted by Gasteiger charge is -2.47. The number of allylic oxidation sites excluding steroid dienone is 2. The number of hydrogen-bond acceptors (Lipinski definition) is 6. The smallest absolute Gasteiger partial charge is 0.234 e. The van der Waals surface area contributed by atoms with E-state index < -0.39 is 0 Å². The summed E-state index contributed by atoms with van der Waals surface area (Å²) in [6.07, 6.45) is 13.3. The van der Waals surface area contributed by atoms with Crippen LogP contribution in [0.3, 0.4) is 0 Å². The van der Waals surface area contributed by atoms with Gasteiger partial charge in [-0.2, -0.15) is 0 Å². The fourth-order valence-corrected chi connectivity index (χ4v) is 9.28. The quantitative estimate of drug-likeness (QED) is 0.215. The lowest BCUT2D eigenvalue weighted by atomic mass is 9.71. The third kappa shape index (κ3) is 8.56. The second kappa shape index (κ2) is 16.7. The van der Waals surface area contributed by atoms with Crippen LogP contribution in [0.4, 0.5) is 11.4 Å². The lowest BCUT2D eigenvalue weighted by Crippen LogP contribution is -2.49. The number of hydrogen-bond donors (Lipinski definition) is 2. The summed E-state index contributed by atoms with van der Waals surface area (Å²) in [6.45, 7) is 18.0. The Labute approximate surface area is 315 Å². The largest absolute Gasteiger partial charge is 0.377 e. The molecule has 0 radical (unpaired) electrons. The van der Waals surface area contributed by atoms with Gasteiger partial charge >= 0.3 is 0 Å². The number of amides is 2. The van der Waals surface area contributed by atoms with Crippen LogP contribution in [0.5, 0.6) is 0 Å². The Morgan fingerprint density at radius 3 is 2.38 bits per heavy atom. The summed E-state index contributed by atoms with van der Waals surface area (Å²) in [5, 5.41) is 6.10. The molecule has 1 aliphatic carbocycles. The summed E-state index contributed by atoms with van der Waals surface area (Å²) in [5.41, 5.74) is 9.41. The molecule has 0 spiro atoms. The number of nitrogens with one attached hydrogen (secondary N) is 2. The molecule has 1 saturated carbocycles. The molecule has 3 atom stereocenters. The first-order valence-electron chi connectivity index (χ1n) is 19.9. The van der Waals surface area contributed by atoms with E-state index in [1.807, 2.05) is 0 Å². The average molecular weight is 708 g/mol. The van der Waals surface area contributed by atoms with Gasteiger partial charge in [0, 0.05) is 78.1 Å². The molecule has 3 unspecified atom stereocenters. The van der Waals surface area contributed by atoms with Gasteiger partial charge in [0.1, 0.15) is 5.84 Å². The molecular weight excluding hydrogens is 643 g/mol. The van der Waals surface area contributed by atoms with Crippen molar-refractivity contribution < 1.29 is 12.4 Å². The van der Waals surface area contributed by atoms with Crippen molar-refractivity contribution >= 4 is 34.6 Å². The summed E-state index contributed by atoms with van der Waals surface area (Å²) in [6, 6.07) is 15.6. The van der Waals surface area contributed by atoms with Crippen molar-refractivity contribution in [2.45, 2.75) is 97.3 Å². The molecule has 0 aromatic heterocycles. The van der Waals surface area contributed by atoms with Crippen LogP contribution in [0.1, 0.15) is 110 Å². The van der Waals surface area contributed by atoms with Gasteiger partial charge in [-0.05, 0) is 115 Å². The molecule has 2 N–H and O–H groups in total. The van der Waals surface area contributed by atoms with Crippen LogP contribution in [0, 0.1) is 29.6 Å². The number of carbonyl (C=O) groups is 2. The first-order valence-corrected chi connectivity index (χ1v) is 19.9. The fourth-order valence-electron chi connectivity index (χ4n) is 9.28. The van der Waals surface area contributed by atoms with Gasteiger partial charge in [0.2, 0.25) is 11.8 Å². The van der Waals surface area contributed by atoms with Crippen LogP contribution in [0.25, 0.3) is 5.57 Å². The molecule has 0 bridgehead atoms. The van der Waals surface area contributed by atoms with Crippen molar-refractivity contribution in [1.82, 2.24) is 10.2 Å². The first-order chi connectivity index (χ1) is 25.0. The predicted molar refractivity (Wildman–Crippen MR) is 221 cm³/mol. The molecule has 7 nitrogen and oxygen atoms in total. The van der Waals surface area contributed by atoms with E-state index in [1.165, 1.54) is 60.9 Å². The highest BCUT2D eigenvalue weighted by Gasteiger charge is 2.37. The van der Waals surface area contributed by atoms with Gasteiger partial charge < -0.3 is 15.1 Å². The Morgan fingerprint density at radius 2 is 1.73 bits per heavy atom. The third-order valence-electron chi connectivity index (χ3n) is 12.5. The van der Waals surface area contributed by atoms with Gasteiger partial charge in [-0.25, -0.2) is 4.99 Å². The zero-order valence-electron chi connectivity index (χ0n) is 32.3. The first kappa shape index (κ1) is 37.6. The van der Waals surface area contributed by atoms with Gasteiger partial charge in [0.05, 0.1) is 5.92 Å². The van der Waals surface area contributed by atoms with Crippen LogP contribution in [0.2, 0.25) is 0 Å². The number of benzene rings is 2. The maximum absolute atomic E-state index is 12.6. The van der Waals surface area contributed by atoms with Crippen molar-refractivity contribution in [2.75, 3.05) is 37.4 Å². The van der Waals surface area contributed by atoms with E-state index in [9.17, 15) is 9.59 Å². The van der Waals surface area contributed by atoms with E-state index in [4.69, 9.17) is 4.99 Å². The maximum atomic E-state index is 12.6. The molecule has 282 valence electrons. The number of nitrogens with zero attached hydrogens (tertiary/aromatic N) is 3. The topological polar surface area (TPSA) is 77.0 Å². The Morgan fingerprint density at radius 1 is 1.00 bits per heavy atom. The van der Waals surface area contributed by atoms with E-state index >= 15 is 0 Å². The molecule has 7 heteroatoms. The summed E-state index contributed by atoms with van der Waals surface area (Å²) in [4.78, 5) is 33.8. The van der Waals surface area contributed by atoms with E-state index in [-0.39, 0.29) is 20.6 Å². The second-order valence-electron chi connectivity index (χ2n) is 16.3. The Bertz CT molecular complexity index is 1700. The normalized spacial score (nSPS) is 25.3. The number of amidine groups is 1. The van der Waals surface area contributed by atoms with Crippen LogP contribution >= 0.6 is 0 Å². The summed E-state index contributed by atoms with van der Waals surface area (Å²) < 4.78 is 0. The highest BCUT2D eigenvalue weighted by atomic mass is 16.2. The number of piperidine rings is 1. The summed E-state index contributed by atoms with van der Waals surface area (Å²) >= 11 is 0. The molecule has 2 aromatic carbocycles. The Balaban J connectivity index is 0.00000325.